The van der Waals surface area contributed by atoms with Crippen molar-refractivity contribution in [3.63, 3.8) is 0 Å². The van der Waals surface area contributed by atoms with Gasteiger partial charge in [0.2, 0.25) is 0 Å². The molecule has 1 aromatic heterocycles. The van der Waals surface area contributed by atoms with E-state index in [0.717, 1.165) is 25.7 Å². The number of aryl methyl sites for hydroxylation is 2. The molecule has 0 saturated heterocycles. The predicted molar refractivity (Wildman–Crippen MR) is 126 cm³/mol. The lowest BCUT2D eigenvalue weighted by atomic mass is 9.99. The Morgan fingerprint density at radius 1 is 0.939 bits per heavy atom. The van der Waals surface area contributed by atoms with Gasteiger partial charge >= 0.3 is 0 Å². The molecular weight excluding hydrogens is 462 g/mol. The van der Waals surface area contributed by atoms with Crippen LogP contribution in [0, 0.1) is 0 Å². The Hall–Kier alpha value is -3.37. The molecule has 1 aliphatic carbocycles. The first-order chi connectivity index (χ1) is 15.9. The second kappa shape index (κ2) is 9.63. The number of anilines is 1. The third-order valence-corrected chi connectivity index (χ3v) is 7.87. The number of carbonyl (C=O) groups excluding carboxylic acids is 2. The zero-order chi connectivity index (χ0) is 23.4. The molecule has 0 atom stereocenters. The fraction of sp³-hybridized carbons (Fsp3) is 0.217. The van der Waals surface area contributed by atoms with Gasteiger partial charge in [0.25, 0.3) is 21.8 Å². The first-order valence-corrected chi connectivity index (χ1v) is 12.6. The largest absolute Gasteiger partial charge is 0.497 e. The number of sulfonamides is 1. The van der Waals surface area contributed by atoms with E-state index in [1.807, 2.05) is 6.07 Å². The summed E-state index contributed by atoms with van der Waals surface area (Å²) in [6.07, 6.45) is 4.19. The molecule has 3 aromatic rings. The average Bonchev–Trinajstić information content (AvgIpc) is 3.27. The number of hydrazine groups is 1. The maximum absolute atomic E-state index is 12.7. The van der Waals surface area contributed by atoms with Crippen LogP contribution in [-0.2, 0) is 22.9 Å². The highest BCUT2D eigenvalue weighted by atomic mass is 32.2. The average molecular weight is 486 g/mol. The molecule has 10 heteroatoms. The fourth-order valence-corrected chi connectivity index (χ4v) is 5.78. The van der Waals surface area contributed by atoms with Crippen LogP contribution in [0.5, 0.6) is 5.75 Å². The lowest BCUT2D eigenvalue weighted by Crippen LogP contribution is -2.41. The van der Waals surface area contributed by atoms with Gasteiger partial charge in [-0.3, -0.25) is 25.2 Å². The van der Waals surface area contributed by atoms with Crippen LogP contribution in [0.1, 0.15) is 43.3 Å². The minimum absolute atomic E-state index is 0.0803. The van der Waals surface area contributed by atoms with Gasteiger partial charge in [-0.05, 0) is 79.8 Å². The van der Waals surface area contributed by atoms with E-state index in [1.165, 1.54) is 53.2 Å². The molecule has 2 amide bonds. The molecule has 33 heavy (non-hydrogen) atoms. The Kier molecular flexibility index (Phi) is 6.66. The number of amides is 2. The number of rotatable bonds is 6. The number of carbonyl (C=O) groups is 2. The maximum Gasteiger partial charge on any atom is 0.279 e. The van der Waals surface area contributed by atoms with E-state index in [-0.39, 0.29) is 10.5 Å². The Labute approximate surface area is 196 Å². The third-order valence-electron chi connectivity index (χ3n) is 5.26. The molecule has 0 bridgehead atoms. The van der Waals surface area contributed by atoms with Crippen LogP contribution in [-0.4, -0.2) is 27.3 Å². The first kappa shape index (κ1) is 22.8. The molecule has 0 fully saturated rings. The summed E-state index contributed by atoms with van der Waals surface area (Å²) in [6, 6.07) is 13.9. The number of methoxy groups -OCH3 is 1. The summed E-state index contributed by atoms with van der Waals surface area (Å²) in [5.74, 6) is -0.416. The Balaban J connectivity index is 1.41. The number of nitrogens with one attached hydrogen (secondary N) is 3. The van der Waals surface area contributed by atoms with Crippen LogP contribution in [0.25, 0.3) is 0 Å². The van der Waals surface area contributed by atoms with E-state index in [1.54, 1.807) is 24.3 Å². The highest BCUT2D eigenvalue weighted by molar-refractivity contribution is 7.92. The summed E-state index contributed by atoms with van der Waals surface area (Å²) >= 11 is 1.44. The number of benzene rings is 2. The number of thiophene rings is 1. The van der Waals surface area contributed by atoms with Crippen molar-refractivity contribution in [1.29, 1.82) is 0 Å². The van der Waals surface area contributed by atoms with E-state index >= 15 is 0 Å². The Morgan fingerprint density at radius 3 is 2.39 bits per heavy atom. The van der Waals surface area contributed by atoms with Gasteiger partial charge in [-0.2, -0.15) is 0 Å². The molecular formula is C23H23N3O5S2. The van der Waals surface area contributed by atoms with Crippen molar-refractivity contribution >= 4 is 38.9 Å². The van der Waals surface area contributed by atoms with E-state index < -0.39 is 21.8 Å². The lowest BCUT2D eigenvalue weighted by Gasteiger charge is -2.10. The van der Waals surface area contributed by atoms with E-state index in [9.17, 15) is 18.0 Å². The van der Waals surface area contributed by atoms with Gasteiger partial charge in [0.1, 0.15) is 5.75 Å². The molecule has 8 nitrogen and oxygen atoms in total. The molecule has 1 aliphatic rings. The molecule has 3 N–H and O–H groups in total. The zero-order valence-corrected chi connectivity index (χ0v) is 19.5. The summed E-state index contributed by atoms with van der Waals surface area (Å²) in [6.45, 7) is 0. The zero-order valence-electron chi connectivity index (χ0n) is 17.9. The minimum atomic E-state index is -3.92. The lowest BCUT2D eigenvalue weighted by molar-refractivity contribution is 0.0848. The predicted octanol–water partition coefficient (Wildman–Crippen LogP) is 3.51. The molecule has 172 valence electrons. The number of hydrogen-bond donors (Lipinski definition) is 3. The topological polar surface area (TPSA) is 114 Å². The molecule has 0 radical (unpaired) electrons. The molecule has 0 spiro atoms. The number of ether oxygens (including phenoxy) is 1. The first-order valence-electron chi connectivity index (χ1n) is 10.3. The molecule has 0 unspecified atom stereocenters. The quantitative estimate of drug-likeness (QED) is 0.463. The van der Waals surface area contributed by atoms with E-state index in [4.69, 9.17) is 4.74 Å². The van der Waals surface area contributed by atoms with Gasteiger partial charge in [0.05, 0.1) is 16.9 Å². The normalized spacial score (nSPS) is 13.0. The monoisotopic (exact) mass is 485 g/mol. The standard InChI is InChI=1S/C23H23N3O5S2/c1-31-18-11-9-17(10-12-18)26-33(29,30)19-7-4-6-16(13-19)22(27)24-25-23(28)21-14-15-5-2-3-8-20(15)32-21/h4,6-7,9-14,26H,2-3,5,8H2,1H3,(H,24,27)(H,25,28). The summed E-state index contributed by atoms with van der Waals surface area (Å²) < 4.78 is 33.0. The van der Waals surface area contributed by atoms with Crippen LogP contribution in [0.2, 0.25) is 0 Å². The van der Waals surface area contributed by atoms with Crippen LogP contribution < -0.4 is 20.3 Å². The van der Waals surface area contributed by atoms with Gasteiger partial charge in [-0.25, -0.2) is 8.42 Å². The summed E-state index contributed by atoms with van der Waals surface area (Å²) in [7, 11) is -2.40. The highest BCUT2D eigenvalue weighted by Gasteiger charge is 2.19. The van der Waals surface area contributed by atoms with Crippen LogP contribution in [0.15, 0.2) is 59.5 Å². The molecule has 4 rings (SSSR count). The minimum Gasteiger partial charge on any atom is -0.497 e. The molecule has 1 heterocycles. The SMILES string of the molecule is COc1ccc(NS(=O)(=O)c2cccc(C(=O)NNC(=O)c3cc4c(s3)CCCC4)c2)cc1. The Bertz CT molecular complexity index is 1260. The smallest absolute Gasteiger partial charge is 0.279 e. The summed E-state index contributed by atoms with van der Waals surface area (Å²) in [4.78, 5) is 26.7. The number of fused-ring (bicyclic) bond motifs is 1. The van der Waals surface area contributed by atoms with Crippen LogP contribution in [0.3, 0.4) is 0 Å². The van der Waals surface area contributed by atoms with Crippen molar-refractivity contribution in [2.75, 3.05) is 11.8 Å². The van der Waals surface area contributed by atoms with Gasteiger partial charge in [0, 0.05) is 16.1 Å². The molecule has 0 saturated carbocycles. The number of hydrogen-bond acceptors (Lipinski definition) is 6. The second-order valence-corrected chi connectivity index (χ2v) is 10.4. The van der Waals surface area contributed by atoms with E-state index in [0.29, 0.717) is 16.3 Å². The van der Waals surface area contributed by atoms with Crippen molar-refractivity contribution in [1.82, 2.24) is 10.9 Å². The Morgan fingerprint density at radius 2 is 1.67 bits per heavy atom. The van der Waals surface area contributed by atoms with Crippen LogP contribution in [0.4, 0.5) is 5.69 Å². The van der Waals surface area contributed by atoms with Crippen molar-refractivity contribution in [2.45, 2.75) is 30.6 Å². The van der Waals surface area contributed by atoms with Crippen molar-refractivity contribution in [3.8, 4) is 5.75 Å². The van der Waals surface area contributed by atoms with Gasteiger partial charge in [-0.15, -0.1) is 11.3 Å². The van der Waals surface area contributed by atoms with E-state index in [2.05, 4.69) is 15.6 Å². The van der Waals surface area contributed by atoms with Crippen molar-refractivity contribution in [3.05, 3.63) is 75.5 Å². The van der Waals surface area contributed by atoms with Crippen molar-refractivity contribution < 1.29 is 22.7 Å². The maximum atomic E-state index is 12.7. The van der Waals surface area contributed by atoms with Gasteiger partial charge in [0.15, 0.2) is 0 Å². The van der Waals surface area contributed by atoms with Crippen molar-refractivity contribution in [2.24, 2.45) is 0 Å². The highest BCUT2D eigenvalue weighted by Crippen LogP contribution is 2.29. The fourth-order valence-electron chi connectivity index (χ4n) is 3.53. The third kappa shape index (κ3) is 5.35. The summed E-state index contributed by atoms with van der Waals surface area (Å²) in [5.41, 5.74) is 6.42. The second-order valence-electron chi connectivity index (χ2n) is 7.54. The van der Waals surface area contributed by atoms with Crippen LogP contribution >= 0.6 is 11.3 Å². The molecule has 0 aliphatic heterocycles. The molecule has 2 aromatic carbocycles. The summed E-state index contributed by atoms with van der Waals surface area (Å²) in [5, 5.41) is 0. The van der Waals surface area contributed by atoms with Gasteiger partial charge < -0.3 is 4.74 Å². The van der Waals surface area contributed by atoms with Gasteiger partial charge in [-0.1, -0.05) is 6.07 Å².